The van der Waals surface area contributed by atoms with E-state index in [1.54, 1.807) is 0 Å². The van der Waals surface area contributed by atoms with Crippen LogP contribution in [0.15, 0.2) is 0 Å². The van der Waals surface area contributed by atoms with Gasteiger partial charge in [-0.1, -0.05) is 13.8 Å². The molecule has 0 rings (SSSR count). The summed E-state index contributed by atoms with van der Waals surface area (Å²) in [7, 11) is 0. The molecule has 4 heteroatoms. The summed E-state index contributed by atoms with van der Waals surface area (Å²) in [6.07, 6.45) is 3.92. The van der Waals surface area contributed by atoms with Crippen molar-refractivity contribution in [2.45, 2.75) is 52.0 Å². The second-order valence-corrected chi connectivity index (χ2v) is 4.66. The van der Waals surface area contributed by atoms with Crippen LogP contribution in [0.4, 0.5) is 0 Å². The molecule has 0 saturated carbocycles. The summed E-state index contributed by atoms with van der Waals surface area (Å²) in [5.74, 6) is 0. The van der Waals surface area contributed by atoms with Crippen molar-refractivity contribution in [3.63, 3.8) is 0 Å². The number of nitrogens with one attached hydrogen (secondary N) is 1. The van der Waals surface area contributed by atoms with E-state index in [4.69, 9.17) is 14.7 Å². The molecule has 0 aromatic carbocycles. The molecule has 1 N–H and O–H groups in total. The largest absolute Gasteiger partial charge is 0.379 e. The van der Waals surface area contributed by atoms with Crippen molar-refractivity contribution in [1.29, 1.82) is 5.26 Å². The van der Waals surface area contributed by atoms with Crippen LogP contribution in [-0.2, 0) is 9.47 Å². The Morgan fingerprint density at radius 3 is 2.28 bits per heavy atom. The van der Waals surface area contributed by atoms with Gasteiger partial charge in [-0.2, -0.15) is 5.26 Å². The predicted molar refractivity (Wildman–Crippen MR) is 73.5 cm³/mol. The van der Waals surface area contributed by atoms with E-state index in [1.807, 2.05) is 13.8 Å². The third kappa shape index (κ3) is 9.41. The molecule has 0 spiro atoms. The fraction of sp³-hybridized carbons (Fsp3) is 0.929. The zero-order valence-electron chi connectivity index (χ0n) is 12.1. The van der Waals surface area contributed by atoms with Gasteiger partial charge in [-0.15, -0.1) is 0 Å². The Kier molecular flexibility index (Phi) is 11.1. The maximum Gasteiger partial charge on any atom is 0.103 e. The molecular weight excluding hydrogens is 228 g/mol. The number of unbranched alkanes of at least 4 members (excludes halogenated alkanes) is 1. The van der Waals surface area contributed by atoms with Crippen molar-refractivity contribution in [2.75, 3.05) is 33.0 Å². The number of nitriles is 1. The van der Waals surface area contributed by atoms with Crippen LogP contribution in [0.2, 0.25) is 0 Å². The zero-order chi connectivity index (χ0) is 13.7. The minimum absolute atomic E-state index is 0.390. The molecule has 0 aromatic heterocycles. The van der Waals surface area contributed by atoms with Gasteiger partial charge < -0.3 is 9.47 Å². The molecule has 0 heterocycles. The second kappa shape index (κ2) is 11.5. The molecule has 1 atom stereocenters. The smallest absolute Gasteiger partial charge is 0.103 e. The second-order valence-electron chi connectivity index (χ2n) is 4.66. The molecule has 1 unspecified atom stereocenters. The third-order valence-corrected chi connectivity index (χ3v) is 2.75. The first-order valence-corrected chi connectivity index (χ1v) is 7.00. The predicted octanol–water partition coefficient (Wildman–Crippen LogP) is 2.49. The van der Waals surface area contributed by atoms with Gasteiger partial charge in [0.1, 0.15) is 5.54 Å². The van der Waals surface area contributed by atoms with Crippen molar-refractivity contribution < 1.29 is 9.47 Å². The lowest BCUT2D eigenvalue weighted by Crippen LogP contribution is -2.40. The van der Waals surface area contributed by atoms with Gasteiger partial charge in [-0.05, 0) is 39.2 Å². The minimum atomic E-state index is -0.390. The first-order valence-electron chi connectivity index (χ1n) is 7.00. The molecule has 0 aliphatic carbocycles. The molecule has 0 radical (unpaired) electrons. The van der Waals surface area contributed by atoms with Crippen molar-refractivity contribution in [3.05, 3.63) is 0 Å². The van der Waals surface area contributed by atoms with E-state index in [0.29, 0.717) is 13.2 Å². The van der Waals surface area contributed by atoms with Gasteiger partial charge in [-0.25, -0.2) is 0 Å². The average molecular weight is 256 g/mol. The average Bonchev–Trinajstić information content (AvgIpc) is 2.37. The van der Waals surface area contributed by atoms with Gasteiger partial charge in [0.25, 0.3) is 0 Å². The first kappa shape index (κ1) is 17.4. The van der Waals surface area contributed by atoms with Crippen LogP contribution in [0.3, 0.4) is 0 Å². The normalized spacial score (nSPS) is 14.1. The number of hydrogen-bond donors (Lipinski definition) is 1. The number of hydrogen-bond acceptors (Lipinski definition) is 4. The van der Waals surface area contributed by atoms with Crippen LogP contribution in [0, 0.1) is 11.3 Å². The van der Waals surface area contributed by atoms with E-state index in [-0.39, 0.29) is 5.54 Å². The maximum absolute atomic E-state index is 9.08. The Morgan fingerprint density at radius 2 is 1.72 bits per heavy atom. The lowest BCUT2D eigenvalue weighted by atomic mass is 9.97. The molecule has 0 amide bonds. The summed E-state index contributed by atoms with van der Waals surface area (Å²) in [4.78, 5) is 0. The van der Waals surface area contributed by atoms with Crippen molar-refractivity contribution in [1.82, 2.24) is 5.32 Å². The molecule has 0 fully saturated rings. The van der Waals surface area contributed by atoms with E-state index >= 15 is 0 Å². The summed E-state index contributed by atoms with van der Waals surface area (Å²) in [6, 6.07) is 2.33. The van der Waals surface area contributed by atoms with Gasteiger partial charge >= 0.3 is 0 Å². The molecule has 0 aliphatic heterocycles. The number of rotatable bonds is 12. The van der Waals surface area contributed by atoms with E-state index in [0.717, 1.165) is 45.4 Å². The van der Waals surface area contributed by atoms with Crippen molar-refractivity contribution in [3.8, 4) is 6.07 Å². The van der Waals surface area contributed by atoms with Crippen LogP contribution in [-0.4, -0.2) is 38.5 Å². The first-order chi connectivity index (χ1) is 8.68. The Balaban J connectivity index is 3.37. The maximum atomic E-state index is 9.08. The highest BCUT2D eigenvalue weighted by atomic mass is 16.5. The van der Waals surface area contributed by atoms with Gasteiger partial charge in [0.2, 0.25) is 0 Å². The lowest BCUT2D eigenvalue weighted by Gasteiger charge is -2.22. The molecule has 18 heavy (non-hydrogen) atoms. The highest BCUT2D eigenvalue weighted by Crippen LogP contribution is 2.12. The van der Waals surface area contributed by atoms with E-state index in [2.05, 4.69) is 18.3 Å². The van der Waals surface area contributed by atoms with E-state index < -0.39 is 0 Å². The van der Waals surface area contributed by atoms with Crippen LogP contribution in [0.25, 0.3) is 0 Å². The topological polar surface area (TPSA) is 54.3 Å². The number of nitrogens with zero attached hydrogens (tertiary/aromatic N) is 1. The highest BCUT2D eigenvalue weighted by molar-refractivity contribution is 5.03. The van der Waals surface area contributed by atoms with Crippen LogP contribution < -0.4 is 5.32 Å². The van der Waals surface area contributed by atoms with Crippen molar-refractivity contribution in [2.24, 2.45) is 0 Å². The van der Waals surface area contributed by atoms with Gasteiger partial charge in [-0.3, -0.25) is 5.32 Å². The lowest BCUT2D eigenvalue weighted by molar-refractivity contribution is 0.0462. The van der Waals surface area contributed by atoms with Crippen LogP contribution >= 0.6 is 0 Å². The molecular formula is C14H28N2O2. The quantitative estimate of drug-likeness (QED) is 0.545. The van der Waals surface area contributed by atoms with Crippen LogP contribution in [0.1, 0.15) is 46.5 Å². The molecule has 106 valence electrons. The fourth-order valence-electron chi connectivity index (χ4n) is 1.72. The summed E-state index contributed by atoms with van der Waals surface area (Å²) in [5.41, 5.74) is -0.390. The third-order valence-electron chi connectivity index (χ3n) is 2.75. The number of ether oxygens (including phenoxy) is 2. The fourth-order valence-corrected chi connectivity index (χ4v) is 1.72. The van der Waals surface area contributed by atoms with Gasteiger partial charge in [0, 0.05) is 13.2 Å². The van der Waals surface area contributed by atoms with Gasteiger partial charge in [0.05, 0.1) is 19.3 Å². The Bertz CT molecular complexity index is 228. The summed E-state index contributed by atoms with van der Waals surface area (Å²) >= 11 is 0. The molecule has 0 aromatic rings. The van der Waals surface area contributed by atoms with Crippen molar-refractivity contribution >= 4 is 0 Å². The van der Waals surface area contributed by atoms with Crippen LogP contribution in [0.5, 0.6) is 0 Å². The Labute approximate surface area is 112 Å². The molecule has 4 nitrogen and oxygen atoms in total. The highest BCUT2D eigenvalue weighted by Gasteiger charge is 2.20. The Hall–Kier alpha value is -0.630. The van der Waals surface area contributed by atoms with Gasteiger partial charge in [0.15, 0.2) is 0 Å². The molecule has 0 aliphatic rings. The van der Waals surface area contributed by atoms with E-state index in [9.17, 15) is 0 Å². The van der Waals surface area contributed by atoms with E-state index in [1.165, 1.54) is 0 Å². The summed E-state index contributed by atoms with van der Waals surface area (Å²) in [6.45, 7) is 9.82. The SMILES string of the molecule is CCCOCCOCCCCC(C)(C#N)NCC. The monoisotopic (exact) mass is 256 g/mol. The Morgan fingerprint density at radius 1 is 1.06 bits per heavy atom. The standard InChI is InChI=1S/C14H28N2O2/c1-4-9-17-11-12-18-10-7-6-8-14(3,13-15)16-5-2/h16H,4-12H2,1-3H3. The zero-order valence-corrected chi connectivity index (χ0v) is 12.1. The summed E-state index contributed by atoms with van der Waals surface area (Å²) < 4.78 is 10.8. The summed E-state index contributed by atoms with van der Waals surface area (Å²) in [5, 5.41) is 12.3. The molecule has 0 bridgehead atoms. The molecule has 0 saturated heterocycles. The minimum Gasteiger partial charge on any atom is -0.379 e.